The lowest BCUT2D eigenvalue weighted by molar-refractivity contribution is -0.140. The van der Waals surface area contributed by atoms with Crippen molar-refractivity contribution in [2.75, 3.05) is 20.3 Å². The van der Waals surface area contributed by atoms with Crippen LogP contribution in [0.1, 0.15) is 38.3 Å². The second-order valence-electron chi connectivity index (χ2n) is 7.16. The van der Waals surface area contributed by atoms with Crippen molar-refractivity contribution in [3.8, 4) is 11.5 Å². The van der Waals surface area contributed by atoms with Gasteiger partial charge in [-0.15, -0.1) is 0 Å². The number of carbonyl (C=O) groups is 2. The number of nitrogens with zero attached hydrogens (tertiary/aromatic N) is 1. The Morgan fingerprint density at radius 2 is 1.66 bits per heavy atom. The maximum Gasteiger partial charge on any atom is 0.242 e. The van der Waals surface area contributed by atoms with Crippen molar-refractivity contribution in [2.24, 2.45) is 0 Å². The van der Waals surface area contributed by atoms with Crippen LogP contribution in [-0.2, 0) is 22.6 Å². The van der Waals surface area contributed by atoms with E-state index in [-0.39, 0.29) is 24.8 Å². The van der Waals surface area contributed by atoms with Crippen LogP contribution in [0, 0.1) is 0 Å². The standard InChI is InChI=1S/C24H30Cl2N2O4/c1-5-31-21-12-10-17(14-22(21)32-6-2)11-13-23(29)28(16(3)24(30)27-4)15-18-19(25)8-7-9-20(18)26/h7-10,12,14,16H,5-6,11,13,15H2,1-4H3,(H,27,30)/t16-/m1/s1. The number of hydrogen-bond donors (Lipinski definition) is 1. The van der Waals surface area contributed by atoms with E-state index in [0.29, 0.717) is 46.7 Å². The van der Waals surface area contributed by atoms with E-state index in [1.54, 1.807) is 32.2 Å². The highest BCUT2D eigenvalue weighted by molar-refractivity contribution is 6.36. The number of aryl methyl sites for hydroxylation is 1. The van der Waals surface area contributed by atoms with Gasteiger partial charge in [0.05, 0.1) is 13.2 Å². The molecule has 0 unspecified atom stereocenters. The van der Waals surface area contributed by atoms with Crippen LogP contribution < -0.4 is 14.8 Å². The number of amides is 2. The number of nitrogens with one attached hydrogen (secondary N) is 1. The SMILES string of the molecule is CCOc1ccc(CCC(=O)N(Cc2c(Cl)cccc2Cl)[C@H](C)C(=O)NC)cc1OCC. The molecule has 0 spiro atoms. The van der Waals surface area contributed by atoms with Gasteiger partial charge in [0, 0.05) is 35.6 Å². The maximum absolute atomic E-state index is 13.2. The fourth-order valence-corrected chi connectivity index (χ4v) is 3.81. The molecule has 0 aliphatic carbocycles. The van der Waals surface area contributed by atoms with Crippen LogP contribution in [-0.4, -0.2) is 43.0 Å². The van der Waals surface area contributed by atoms with E-state index in [1.807, 2.05) is 32.0 Å². The molecular formula is C24H30Cl2N2O4. The van der Waals surface area contributed by atoms with Crippen LogP contribution in [0.3, 0.4) is 0 Å². The number of likely N-dealkylation sites (N-methyl/N-ethyl adjacent to an activating group) is 1. The van der Waals surface area contributed by atoms with Gasteiger partial charge in [0.1, 0.15) is 6.04 Å². The first-order chi connectivity index (χ1) is 15.3. The highest BCUT2D eigenvalue weighted by Crippen LogP contribution is 2.30. The maximum atomic E-state index is 13.2. The minimum absolute atomic E-state index is 0.138. The van der Waals surface area contributed by atoms with Gasteiger partial charge in [-0.2, -0.15) is 0 Å². The van der Waals surface area contributed by atoms with Crippen molar-refractivity contribution in [1.29, 1.82) is 0 Å². The summed E-state index contributed by atoms with van der Waals surface area (Å²) in [5.74, 6) is 0.885. The number of carbonyl (C=O) groups excluding carboxylic acids is 2. The minimum Gasteiger partial charge on any atom is -0.490 e. The third kappa shape index (κ3) is 6.78. The van der Waals surface area contributed by atoms with Crippen molar-refractivity contribution in [1.82, 2.24) is 10.2 Å². The Morgan fingerprint density at radius 3 is 2.25 bits per heavy atom. The molecular weight excluding hydrogens is 451 g/mol. The fourth-order valence-electron chi connectivity index (χ4n) is 3.29. The molecule has 0 aliphatic rings. The van der Waals surface area contributed by atoms with Gasteiger partial charge in [-0.05, 0) is 57.0 Å². The van der Waals surface area contributed by atoms with Crippen LogP contribution in [0.2, 0.25) is 10.0 Å². The lowest BCUT2D eigenvalue weighted by Gasteiger charge is -2.29. The molecule has 0 saturated carbocycles. The van der Waals surface area contributed by atoms with Crippen molar-refractivity contribution >= 4 is 35.0 Å². The predicted molar refractivity (Wildman–Crippen MR) is 128 cm³/mol. The molecule has 174 valence electrons. The Labute approximate surface area is 199 Å². The molecule has 0 radical (unpaired) electrons. The largest absolute Gasteiger partial charge is 0.490 e. The topological polar surface area (TPSA) is 67.9 Å². The molecule has 0 fully saturated rings. The summed E-state index contributed by atoms with van der Waals surface area (Å²) in [5.41, 5.74) is 1.55. The first-order valence-corrected chi connectivity index (χ1v) is 11.4. The molecule has 32 heavy (non-hydrogen) atoms. The zero-order valence-electron chi connectivity index (χ0n) is 18.9. The van der Waals surface area contributed by atoms with E-state index >= 15 is 0 Å². The molecule has 0 saturated heterocycles. The number of benzene rings is 2. The Morgan fingerprint density at radius 1 is 1.03 bits per heavy atom. The molecule has 6 nitrogen and oxygen atoms in total. The van der Waals surface area contributed by atoms with E-state index in [9.17, 15) is 9.59 Å². The Balaban J connectivity index is 2.21. The van der Waals surface area contributed by atoms with Gasteiger partial charge in [0.15, 0.2) is 11.5 Å². The third-order valence-corrected chi connectivity index (χ3v) is 5.75. The summed E-state index contributed by atoms with van der Waals surface area (Å²) >= 11 is 12.6. The van der Waals surface area contributed by atoms with Crippen molar-refractivity contribution in [2.45, 2.75) is 46.2 Å². The summed E-state index contributed by atoms with van der Waals surface area (Å²) in [6.45, 7) is 6.69. The summed E-state index contributed by atoms with van der Waals surface area (Å²) in [6, 6.07) is 10.1. The molecule has 0 aromatic heterocycles. The van der Waals surface area contributed by atoms with Crippen molar-refractivity contribution in [3.63, 3.8) is 0 Å². The zero-order valence-corrected chi connectivity index (χ0v) is 20.4. The Bertz CT molecular complexity index is 916. The van der Waals surface area contributed by atoms with Gasteiger partial charge < -0.3 is 19.7 Å². The minimum atomic E-state index is -0.681. The summed E-state index contributed by atoms with van der Waals surface area (Å²) in [4.78, 5) is 27.0. The third-order valence-electron chi connectivity index (χ3n) is 5.04. The first kappa shape index (κ1) is 25.8. The van der Waals surface area contributed by atoms with Gasteiger partial charge in [-0.25, -0.2) is 0 Å². The highest BCUT2D eigenvalue weighted by atomic mass is 35.5. The van der Waals surface area contributed by atoms with Crippen LogP contribution in [0.25, 0.3) is 0 Å². The lowest BCUT2D eigenvalue weighted by Crippen LogP contribution is -2.46. The molecule has 1 N–H and O–H groups in total. The zero-order chi connectivity index (χ0) is 23.7. The normalized spacial score (nSPS) is 11.6. The van der Waals surface area contributed by atoms with E-state index < -0.39 is 6.04 Å². The van der Waals surface area contributed by atoms with Gasteiger partial charge in [0.2, 0.25) is 11.8 Å². The summed E-state index contributed by atoms with van der Waals surface area (Å²) in [7, 11) is 1.54. The van der Waals surface area contributed by atoms with E-state index in [2.05, 4.69) is 5.32 Å². The second-order valence-corrected chi connectivity index (χ2v) is 7.97. The summed E-state index contributed by atoms with van der Waals surface area (Å²) < 4.78 is 11.3. The van der Waals surface area contributed by atoms with Crippen LogP contribution in [0.15, 0.2) is 36.4 Å². The quantitative estimate of drug-likeness (QED) is 0.497. The molecule has 0 bridgehead atoms. The number of rotatable bonds is 11. The number of halogens is 2. The van der Waals surface area contributed by atoms with Gasteiger partial charge >= 0.3 is 0 Å². The molecule has 2 amide bonds. The van der Waals surface area contributed by atoms with Gasteiger partial charge in [0.25, 0.3) is 0 Å². The van der Waals surface area contributed by atoms with Crippen molar-refractivity contribution < 1.29 is 19.1 Å². The van der Waals surface area contributed by atoms with Gasteiger partial charge in [-0.3, -0.25) is 9.59 Å². The highest BCUT2D eigenvalue weighted by Gasteiger charge is 2.26. The fraction of sp³-hybridized carbons (Fsp3) is 0.417. The van der Waals surface area contributed by atoms with E-state index in [0.717, 1.165) is 5.56 Å². The second kappa shape index (κ2) is 12.6. The lowest BCUT2D eigenvalue weighted by atomic mass is 10.1. The van der Waals surface area contributed by atoms with Crippen LogP contribution >= 0.6 is 23.2 Å². The van der Waals surface area contributed by atoms with E-state index in [1.165, 1.54) is 4.90 Å². The Hall–Kier alpha value is -2.44. The monoisotopic (exact) mass is 480 g/mol. The van der Waals surface area contributed by atoms with E-state index in [4.69, 9.17) is 32.7 Å². The molecule has 2 aromatic carbocycles. The summed E-state index contributed by atoms with van der Waals surface area (Å²) in [5, 5.41) is 3.50. The molecule has 0 aliphatic heterocycles. The smallest absolute Gasteiger partial charge is 0.242 e. The molecule has 2 rings (SSSR count). The first-order valence-electron chi connectivity index (χ1n) is 10.6. The average molecular weight is 481 g/mol. The van der Waals surface area contributed by atoms with Crippen LogP contribution in [0.5, 0.6) is 11.5 Å². The molecule has 1 atom stereocenters. The van der Waals surface area contributed by atoms with Gasteiger partial charge in [-0.1, -0.05) is 35.3 Å². The van der Waals surface area contributed by atoms with Crippen LogP contribution in [0.4, 0.5) is 0 Å². The molecule has 8 heteroatoms. The average Bonchev–Trinajstić information content (AvgIpc) is 2.78. The number of hydrogen-bond acceptors (Lipinski definition) is 4. The molecule has 0 heterocycles. The Kier molecular flexibility index (Phi) is 10.1. The number of ether oxygens (including phenoxy) is 2. The molecule has 2 aromatic rings. The summed E-state index contributed by atoms with van der Waals surface area (Å²) in [6.07, 6.45) is 0.696. The predicted octanol–water partition coefficient (Wildman–Crippen LogP) is 4.89. The van der Waals surface area contributed by atoms with Crippen molar-refractivity contribution in [3.05, 3.63) is 57.6 Å².